The third-order valence-corrected chi connectivity index (χ3v) is 6.78. The van der Waals surface area contributed by atoms with Crippen molar-refractivity contribution >= 4 is 17.5 Å². The van der Waals surface area contributed by atoms with Gasteiger partial charge in [0.05, 0.1) is 29.6 Å². The molecule has 170 valence electrons. The molecular formula is C24H28N8O. The van der Waals surface area contributed by atoms with Gasteiger partial charge in [0.25, 0.3) is 0 Å². The summed E-state index contributed by atoms with van der Waals surface area (Å²) in [6.45, 7) is 4.74. The van der Waals surface area contributed by atoms with Gasteiger partial charge in [0.2, 0.25) is 5.95 Å². The summed E-state index contributed by atoms with van der Waals surface area (Å²) in [4.78, 5) is 11.4. The van der Waals surface area contributed by atoms with E-state index in [4.69, 9.17) is 0 Å². The first-order valence-corrected chi connectivity index (χ1v) is 11.3. The molecule has 9 nitrogen and oxygen atoms in total. The molecule has 2 aliphatic heterocycles. The van der Waals surface area contributed by atoms with Gasteiger partial charge in [-0.25, -0.2) is 9.97 Å². The van der Waals surface area contributed by atoms with E-state index in [1.807, 2.05) is 42.1 Å². The monoisotopic (exact) mass is 444 g/mol. The average molecular weight is 445 g/mol. The smallest absolute Gasteiger partial charge is 0.228 e. The van der Waals surface area contributed by atoms with Gasteiger partial charge in [-0.2, -0.15) is 10.4 Å². The van der Waals surface area contributed by atoms with E-state index >= 15 is 0 Å². The molecule has 0 radical (unpaired) electrons. The molecule has 0 aliphatic carbocycles. The van der Waals surface area contributed by atoms with Crippen molar-refractivity contribution in [3.8, 4) is 17.3 Å². The lowest BCUT2D eigenvalue weighted by Gasteiger charge is -2.28. The second-order valence-electron chi connectivity index (χ2n) is 9.24. The normalized spacial score (nSPS) is 20.8. The molecule has 9 heteroatoms. The Bertz CT molecular complexity index is 1210. The molecule has 3 aromatic rings. The number of nitrogens with zero attached hydrogens (tertiary/aromatic N) is 6. The Kier molecular flexibility index (Phi) is 5.48. The van der Waals surface area contributed by atoms with Gasteiger partial charge in [-0.15, -0.1) is 0 Å². The van der Waals surface area contributed by atoms with E-state index in [9.17, 15) is 10.4 Å². The number of nitrogens with one attached hydrogen (secondary N) is 2. The summed E-state index contributed by atoms with van der Waals surface area (Å²) in [5.41, 5.74) is 3.36. The molecule has 0 spiro atoms. The zero-order valence-corrected chi connectivity index (χ0v) is 18.9. The molecule has 0 bridgehead atoms. The number of hydrogen-bond acceptors (Lipinski definition) is 8. The largest absolute Gasteiger partial charge is 0.395 e. The van der Waals surface area contributed by atoms with Gasteiger partial charge in [0.15, 0.2) is 5.82 Å². The number of rotatable bonds is 5. The van der Waals surface area contributed by atoms with Crippen molar-refractivity contribution in [3.05, 3.63) is 47.8 Å². The molecule has 3 N–H and O–H groups in total. The Labute approximate surface area is 193 Å². The Hall–Kier alpha value is -3.48. The van der Waals surface area contributed by atoms with Gasteiger partial charge in [-0.1, -0.05) is 6.92 Å². The number of benzene rings is 1. The number of likely N-dealkylation sites (tertiary alicyclic amines) is 1. The summed E-state index contributed by atoms with van der Waals surface area (Å²) in [5, 5.41) is 30.8. The van der Waals surface area contributed by atoms with E-state index in [1.54, 1.807) is 6.20 Å². The van der Waals surface area contributed by atoms with Gasteiger partial charge >= 0.3 is 0 Å². The van der Waals surface area contributed by atoms with Gasteiger partial charge in [0.1, 0.15) is 6.07 Å². The number of aliphatic hydroxyl groups is 1. The predicted molar refractivity (Wildman–Crippen MR) is 126 cm³/mol. The molecule has 1 aromatic carbocycles. The van der Waals surface area contributed by atoms with Crippen LogP contribution in [0.5, 0.6) is 0 Å². The third-order valence-electron chi connectivity index (χ3n) is 6.78. The first-order chi connectivity index (χ1) is 16.0. The number of fused-ring (bicyclic) bond motifs is 1. The van der Waals surface area contributed by atoms with Crippen molar-refractivity contribution in [2.24, 2.45) is 0 Å². The zero-order valence-electron chi connectivity index (χ0n) is 18.9. The summed E-state index contributed by atoms with van der Waals surface area (Å²) in [6, 6.07) is 10.3. The minimum Gasteiger partial charge on any atom is -0.395 e. The quantitative estimate of drug-likeness (QED) is 0.550. The molecule has 2 aromatic heterocycles. The maximum atomic E-state index is 9.94. The van der Waals surface area contributed by atoms with Crippen LogP contribution in [0.1, 0.15) is 36.9 Å². The van der Waals surface area contributed by atoms with Crippen molar-refractivity contribution in [1.29, 1.82) is 5.26 Å². The summed E-state index contributed by atoms with van der Waals surface area (Å²) in [7, 11) is 2.15. The highest BCUT2D eigenvalue weighted by atomic mass is 16.3. The second-order valence-corrected chi connectivity index (χ2v) is 9.24. The van der Waals surface area contributed by atoms with Gasteiger partial charge < -0.3 is 20.6 Å². The average Bonchev–Trinajstić information content (AvgIpc) is 3.44. The maximum absolute atomic E-state index is 9.94. The summed E-state index contributed by atoms with van der Waals surface area (Å²) < 4.78 is 2.03. The van der Waals surface area contributed by atoms with Crippen molar-refractivity contribution in [1.82, 2.24) is 24.6 Å². The molecule has 2 aliphatic rings. The minimum atomic E-state index is -0.439. The summed E-state index contributed by atoms with van der Waals surface area (Å²) in [5.74, 6) is 1.15. The van der Waals surface area contributed by atoms with Crippen LogP contribution in [0.15, 0.2) is 36.7 Å². The molecule has 1 fully saturated rings. The Balaban J connectivity index is 1.40. The number of nitriles is 1. The number of piperidine rings is 1. The van der Waals surface area contributed by atoms with E-state index in [2.05, 4.69) is 43.7 Å². The standard InChI is InChI=1S/C24H28N8O/c1-24(15-33)14-27-22-17(13-25)11-16(12-19(22)24)20-3-7-26-23(28-20)29-21-6-10-32(30-21)18-4-8-31(2)9-5-18/h3,6-7,10-12,18,27,33H,4-5,8-9,14-15H2,1-2H3,(H,26,28,29,30)/t24-/m1/s1. The first kappa shape index (κ1) is 21.4. The van der Waals surface area contributed by atoms with Gasteiger partial charge in [0, 0.05) is 36.0 Å². The highest BCUT2D eigenvalue weighted by Crippen LogP contribution is 2.41. The van der Waals surface area contributed by atoms with Crippen LogP contribution in [0.3, 0.4) is 0 Å². The van der Waals surface area contributed by atoms with E-state index in [0.29, 0.717) is 35.6 Å². The fourth-order valence-corrected chi connectivity index (χ4v) is 4.63. The minimum absolute atomic E-state index is 0.00214. The molecule has 1 atom stereocenters. The first-order valence-electron chi connectivity index (χ1n) is 11.3. The van der Waals surface area contributed by atoms with Crippen molar-refractivity contribution in [2.75, 3.05) is 43.9 Å². The number of aliphatic hydroxyl groups excluding tert-OH is 1. The van der Waals surface area contributed by atoms with Crippen LogP contribution in [0.25, 0.3) is 11.3 Å². The van der Waals surface area contributed by atoms with E-state index in [-0.39, 0.29) is 6.61 Å². The number of anilines is 3. The summed E-state index contributed by atoms with van der Waals surface area (Å²) in [6.07, 6.45) is 5.88. The Morgan fingerprint density at radius 3 is 2.88 bits per heavy atom. The van der Waals surface area contributed by atoms with Crippen LogP contribution in [-0.4, -0.2) is 63.0 Å². The van der Waals surface area contributed by atoms with Crippen molar-refractivity contribution in [2.45, 2.75) is 31.2 Å². The molecule has 5 rings (SSSR count). The highest BCUT2D eigenvalue weighted by molar-refractivity contribution is 5.76. The lowest BCUT2D eigenvalue weighted by molar-refractivity contribution is 0.212. The van der Waals surface area contributed by atoms with Crippen LogP contribution in [0.4, 0.5) is 17.5 Å². The van der Waals surface area contributed by atoms with Crippen LogP contribution in [0, 0.1) is 11.3 Å². The Morgan fingerprint density at radius 2 is 2.12 bits per heavy atom. The SMILES string of the molecule is CN1CCC(n2ccc(Nc3nccc(-c4cc(C#N)c5c(c4)[C@@](C)(CO)CN5)n3)n2)CC1. The molecule has 1 saturated heterocycles. The molecular weight excluding hydrogens is 416 g/mol. The van der Waals surface area contributed by atoms with E-state index < -0.39 is 5.41 Å². The molecule has 0 amide bonds. The highest BCUT2D eigenvalue weighted by Gasteiger charge is 2.36. The lowest BCUT2D eigenvalue weighted by Crippen LogP contribution is -2.31. The van der Waals surface area contributed by atoms with Gasteiger partial charge in [-0.05, 0) is 56.7 Å². The maximum Gasteiger partial charge on any atom is 0.228 e. The fraction of sp³-hybridized carbons (Fsp3) is 0.417. The summed E-state index contributed by atoms with van der Waals surface area (Å²) >= 11 is 0. The van der Waals surface area contributed by atoms with E-state index in [1.165, 1.54) is 0 Å². The van der Waals surface area contributed by atoms with Crippen LogP contribution in [-0.2, 0) is 5.41 Å². The Morgan fingerprint density at radius 1 is 1.30 bits per heavy atom. The zero-order chi connectivity index (χ0) is 23.0. The molecule has 0 unspecified atom stereocenters. The van der Waals surface area contributed by atoms with Crippen LogP contribution < -0.4 is 10.6 Å². The topological polar surface area (TPSA) is 115 Å². The second kappa shape index (κ2) is 8.46. The van der Waals surface area contributed by atoms with Crippen molar-refractivity contribution in [3.63, 3.8) is 0 Å². The predicted octanol–water partition coefficient (Wildman–Crippen LogP) is 2.90. The van der Waals surface area contributed by atoms with Crippen LogP contribution in [0.2, 0.25) is 0 Å². The lowest BCUT2D eigenvalue weighted by atomic mass is 9.83. The van der Waals surface area contributed by atoms with Crippen LogP contribution >= 0.6 is 0 Å². The molecule has 0 saturated carbocycles. The molecule has 4 heterocycles. The molecule has 33 heavy (non-hydrogen) atoms. The van der Waals surface area contributed by atoms with Gasteiger partial charge in [-0.3, -0.25) is 4.68 Å². The fourth-order valence-electron chi connectivity index (χ4n) is 4.63. The van der Waals surface area contributed by atoms with Crippen molar-refractivity contribution < 1.29 is 5.11 Å². The number of hydrogen-bond donors (Lipinski definition) is 3. The number of aromatic nitrogens is 4. The van der Waals surface area contributed by atoms with E-state index in [0.717, 1.165) is 42.7 Å². The third kappa shape index (κ3) is 4.03.